The molecule has 4 rings (SSSR count). The molecular formula is C14H8O4. The Balaban J connectivity index is 2.15. The molecule has 2 heterocycles. The number of fused-ring (bicyclic) bond motifs is 4. The molecule has 4 bridgehead atoms. The summed E-state index contributed by atoms with van der Waals surface area (Å²) in [4.78, 5) is 23.7. The fourth-order valence-electron chi connectivity index (χ4n) is 1.68. The largest absolute Gasteiger partial charge is 0.423 e. The number of hydrogen-bond acceptors (Lipinski definition) is 4. The highest BCUT2D eigenvalue weighted by atomic mass is 16.5. The van der Waals surface area contributed by atoms with E-state index in [-0.39, 0.29) is 0 Å². The van der Waals surface area contributed by atoms with Gasteiger partial charge in [-0.25, -0.2) is 9.59 Å². The van der Waals surface area contributed by atoms with Crippen LogP contribution in [-0.4, -0.2) is 11.9 Å². The normalized spacial score (nSPS) is 13.6. The van der Waals surface area contributed by atoms with Crippen molar-refractivity contribution in [2.24, 2.45) is 0 Å². The summed E-state index contributed by atoms with van der Waals surface area (Å²) in [5.74, 6) is -0.183. The summed E-state index contributed by atoms with van der Waals surface area (Å²) in [6.07, 6.45) is 0. The molecule has 2 aliphatic heterocycles. The Morgan fingerprint density at radius 2 is 1.11 bits per heavy atom. The van der Waals surface area contributed by atoms with Gasteiger partial charge in [0.25, 0.3) is 0 Å². The zero-order valence-corrected chi connectivity index (χ0v) is 9.25. The monoisotopic (exact) mass is 240 g/mol. The summed E-state index contributed by atoms with van der Waals surface area (Å²) in [6.45, 7) is 0. The molecule has 0 radical (unpaired) electrons. The topological polar surface area (TPSA) is 52.6 Å². The number of benzene rings is 2. The maximum absolute atomic E-state index is 11.8. The molecule has 0 amide bonds. The molecule has 4 nitrogen and oxygen atoms in total. The van der Waals surface area contributed by atoms with E-state index in [9.17, 15) is 9.59 Å². The molecule has 2 aliphatic rings. The first kappa shape index (κ1) is 10.5. The first-order valence-electron chi connectivity index (χ1n) is 5.37. The zero-order valence-electron chi connectivity index (χ0n) is 9.25. The van der Waals surface area contributed by atoms with Crippen molar-refractivity contribution in [3.63, 3.8) is 0 Å². The lowest BCUT2D eigenvalue weighted by Crippen LogP contribution is -2.11. The van der Waals surface area contributed by atoms with Gasteiger partial charge in [0, 0.05) is 0 Å². The minimum atomic E-state index is -0.501. The number of carbonyl (C=O) groups is 2. The lowest BCUT2D eigenvalue weighted by atomic mass is 10.1. The molecule has 4 heteroatoms. The number of hydrogen-bond donors (Lipinski definition) is 0. The molecule has 0 fully saturated rings. The molecule has 18 heavy (non-hydrogen) atoms. The highest BCUT2D eigenvalue weighted by Crippen LogP contribution is 2.21. The third-order valence-electron chi connectivity index (χ3n) is 2.58. The molecule has 0 spiro atoms. The van der Waals surface area contributed by atoms with E-state index in [2.05, 4.69) is 0 Å². The molecule has 0 aliphatic carbocycles. The van der Waals surface area contributed by atoms with E-state index < -0.39 is 11.9 Å². The van der Waals surface area contributed by atoms with Gasteiger partial charge in [-0.1, -0.05) is 6.07 Å². The number of rotatable bonds is 0. The Bertz CT molecular complexity index is 576. The van der Waals surface area contributed by atoms with Crippen LogP contribution in [0.3, 0.4) is 0 Å². The van der Waals surface area contributed by atoms with Gasteiger partial charge >= 0.3 is 11.9 Å². The molecule has 88 valence electrons. The zero-order chi connectivity index (χ0) is 12.5. The molecule has 2 aromatic carbocycles. The van der Waals surface area contributed by atoms with Gasteiger partial charge in [-0.15, -0.1) is 0 Å². The lowest BCUT2D eigenvalue weighted by molar-refractivity contribution is 0.0729. The van der Waals surface area contributed by atoms with Gasteiger partial charge in [0.15, 0.2) is 0 Å². The van der Waals surface area contributed by atoms with E-state index in [4.69, 9.17) is 9.47 Å². The van der Waals surface area contributed by atoms with Crippen molar-refractivity contribution in [3.8, 4) is 11.5 Å². The van der Waals surface area contributed by atoms with Crippen LogP contribution in [0.5, 0.6) is 11.5 Å². The fourth-order valence-corrected chi connectivity index (χ4v) is 1.68. The summed E-state index contributed by atoms with van der Waals surface area (Å²) in [5.41, 5.74) is 0.628. The standard InChI is InChI=1S/C14H8O4/c15-13-9-2-1-3-10(8-9)14(16)18-12-6-4-11(17-13)5-7-12/h1-8H. The highest BCUT2D eigenvalue weighted by Gasteiger charge is 2.15. The summed E-state index contributed by atoms with van der Waals surface area (Å²) in [5, 5.41) is 0. The van der Waals surface area contributed by atoms with E-state index in [0.717, 1.165) is 0 Å². The Kier molecular flexibility index (Phi) is 2.34. The van der Waals surface area contributed by atoms with E-state index >= 15 is 0 Å². The minimum Gasteiger partial charge on any atom is -0.423 e. The third kappa shape index (κ3) is 1.84. The van der Waals surface area contributed by atoms with E-state index in [1.807, 2.05) is 0 Å². The first-order valence-corrected chi connectivity index (χ1v) is 5.37. The second-order valence-electron chi connectivity index (χ2n) is 3.83. The van der Waals surface area contributed by atoms with Crippen LogP contribution in [-0.2, 0) is 0 Å². The maximum atomic E-state index is 11.8. The van der Waals surface area contributed by atoms with E-state index in [0.29, 0.717) is 22.6 Å². The molecule has 0 saturated carbocycles. The smallest absolute Gasteiger partial charge is 0.343 e. The highest BCUT2D eigenvalue weighted by molar-refractivity contribution is 5.97. The molecule has 0 N–H and O–H groups in total. The van der Waals surface area contributed by atoms with Gasteiger partial charge < -0.3 is 9.47 Å². The van der Waals surface area contributed by atoms with Crippen molar-refractivity contribution in [2.45, 2.75) is 0 Å². The van der Waals surface area contributed by atoms with Crippen LogP contribution < -0.4 is 9.47 Å². The van der Waals surface area contributed by atoms with E-state index in [1.54, 1.807) is 42.5 Å². The summed E-state index contributed by atoms with van der Waals surface area (Å²) < 4.78 is 10.3. The molecule has 2 aromatic rings. The second kappa shape index (κ2) is 4.00. The molecule has 0 aromatic heterocycles. The Morgan fingerprint density at radius 1 is 0.667 bits per heavy atom. The van der Waals surface area contributed by atoms with Gasteiger partial charge in [0.05, 0.1) is 11.1 Å². The summed E-state index contributed by atoms with van der Waals surface area (Å²) >= 11 is 0. The van der Waals surface area contributed by atoms with Crippen LogP contribution in [0.15, 0.2) is 48.5 Å². The van der Waals surface area contributed by atoms with Crippen molar-refractivity contribution in [3.05, 3.63) is 59.7 Å². The van der Waals surface area contributed by atoms with Crippen molar-refractivity contribution in [2.75, 3.05) is 0 Å². The van der Waals surface area contributed by atoms with Crippen LogP contribution in [0.2, 0.25) is 0 Å². The average Bonchev–Trinajstić information content (AvgIpc) is 2.42. The summed E-state index contributed by atoms with van der Waals surface area (Å²) in [7, 11) is 0. The maximum Gasteiger partial charge on any atom is 0.343 e. The van der Waals surface area contributed by atoms with Crippen LogP contribution in [0.1, 0.15) is 20.7 Å². The molecule has 0 unspecified atom stereocenters. The third-order valence-corrected chi connectivity index (χ3v) is 2.58. The van der Waals surface area contributed by atoms with Gasteiger partial charge in [-0.3, -0.25) is 0 Å². The van der Waals surface area contributed by atoms with Crippen LogP contribution in [0, 0.1) is 0 Å². The molecule has 0 atom stereocenters. The Hall–Kier alpha value is -2.62. The van der Waals surface area contributed by atoms with Crippen molar-refractivity contribution < 1.29 is 19.1 Å². The van der Waals surface area contributed by atoms with Crippen LogP contribution in [0.4, 0.5) is 0 Å². The number of esters is 2. The van der Waals surface area contributed by atoms with Crippen LogP contribution in [0.25, 0.3) is 0 Å². The Labute approximate surface area is 103 Å². The van der Waals surface area contributed by atoms with E-state index in [1.165, 1.54) is 6.07 Å². The van der Waals surface area contributed by atoms with Crippen molar-refractivity contribution in [1.82, 2.24) is 0 Å². The van der Waals surface area contributed by atoms with Gasteiger partial charge in [0.2, 0.25) is 0 Å². The SMILES string of the molecule is O=C1Oc2ccc(cc2)OC(=O)c2cccc1c2. The molecular weight excluding hydrogens is 232 g/mol. The lowest BCUT2D eigenvalue weighted by Gasteiger charge is -2.03. The molecule has 0 saturated heterocycles. The average molecular weight is 240 g/mol. The summed E-state index contributed by atoms with van der Waals surface area (Å²) in [6, 6.07) is 12.6. The van der Waals surface area contributed by atoms with Crippen molar-refractivity contribution in [1.29, 1.82) is 0 Å². The predicted octanol–water partition coefficient (Wildman–Crippen LogP) is 2.44. The van der Waals surface area contributed by atoms with Gasteiger partial charge in [-0.2, -0.15) is 0 Å². The fraction of sp³-hybridized carbons (Fsp3) is 0. The first-order chi connectivity index (χ1) is 8.72. The number of carbonyl (C=O) groups excluding carboxylic acids is 2. The predicted molar refractivity (Wildman–Crippen MR) is 62.8 cm³/mol. The van der Waals surface area contributed by atoms with Gasteiger partial charge in [-0.05, 0) is 42.5 Å². The minimum absolute atomic E-state index is 0.314. The second-order valence-corrected chi connectivity index (χ2v) is 3.83. The van der Waals surface area contributed by atoms with Crippen molar-refractivity contribution >= 4 is 11.9 Å². The number of ether oxygens (including phenoxy) is 2. The van der Waals surface area contributed by atoms with Crippen LogP contribution >= 0.6 is 0 Å². The Morgan fingerprint density at radius 3 is 1.56 bits per heavy atom. The quantitative estimate of drug-likeness (QED) is 0.524. The van der Waals surface area contributed by atoms with Gasteiger partial charge in [0.1, 0.15) is 11.5 Å².